The maximum Gasteiger partial charge on any atom is 0.127 e. The average molecular weight is 283 g/mol. The zero-order chi connectivity index (χ0) is 14.7. The van der Waals surface area contributed by atoms with Crippen LogP contribution < -0.4 is 0 Å². The van der Waals surface area contributed by atoms with E-state index in [-0.39, 0.29) is 0 Å². The summed E-state index contributed by atoms with van der Waals surface area (Å²) < 4.78 is 2.32. The molecule has 1 saturated heterocycles. The molecule has 1 aliphatic rings. The number of hydrogen-bond acceptors (Lipinski definition) is 2. The molecule has 0 N–H and O–H groups in total. The summed E-state index contributed by atoms with van der Waals surface area (Å²) in [6.07, 6.45) is 7.32. The van der Waals surface area contributed by atoms with Gasteiger partial charge in [0, 0.05) is 6.54 Å². The van der Waals surface area contributed by atoms with Gasteiger partial charge in [-0.2, -0.15) is 0 Å². The summed E-state index contributed by atoms with van der Waals surface area (Å²) in [5.74, 6) is 1.18. The van der Waals surface area contributed by atoms with Crippen molar-refractivity contribution in [2.45, 2.75) is 45.2 Å². The molecule has 1 aromatic carbocycles. The maximum atomic E-state index is 4.91. The minimum atomic E-state index is 0.371. The number of rotatable bonds is 4. The molecule has 0 bridgehead atoms. The number of fused-ring (bicyclic) bond motifs is 1. The van der Waals surface area contributed by atoms with Crippen LogP contribution in [0, 0.1) is 0 Å². The van der Waals surface area contributed by atoms with Gasteiger partial charge in [0.25, 0.3) is 0 Å². The first-order valence-corrected chi connectivity index (χ1v) is 8.11. The normalized spacial score (nSPS) is 18.5. The molecule has 3 rings (SSSR count). The van der Waals surface area contributed by atoms with Crippen molar-refractivity contribution in [1.82, 2.24) is 14.5 Å². The van der Waals surface area contributed by atoms with Crippen LogP contribution in [0.3, 0.4) is 0 Å². The molecular formula is C18H25N3. The number of imidazole rings is 1. The molecule has 1 unspecified atom stereocenters. The molecule has 3 nitrogen and oxygen atoms in total. The zero-order valence-corrected chi connectivity index (χ0v) is 13.0. The van der Waals surface area contributed by atoms with E-state index in [0.717, 1.165) is 12.1 Å². The highest BCUT2D eigenvalue weighted by Gasteiger charge is 2.22. The Morgan fingerprint density at radius 1 is 1.19 bits per heavy atom. The van der Waals surface area contributed by atoms with Gasteiger partial charge in [-0.25, -0.2) is 4.98 Å². The van der Waals surface area contributed by atoms with Crippen LogP contribution >= 0.6 is 0 Å². The van der Waals surface area contributed by atoms with Gasteiger partial charge >= 0.3 is 0 Å². The zero-order valence-electron chi connectivity index (χ0n) is 13.0. The van der Waals surface area contributed by atoms with E-state index in [2.05, 4.69) is 47.2 Å². The van der Waals surface area contributed by atoms with Crippen LogP contribution in [0.2, 0.25) is 0 Å². The van der Waals surface area contributed by atoms with E-state index >= 15 is 0 Å². The third-order valence-electron chi connectivity index (χ3n) is 4.56. The summed E-state index contributed by atoms with van der Waals surface area (Å²) in [6, 6.07) is 8.78. The smallest absolute Gasteiger partial charge is 0.127 e. The van der Waals surface area contributed by atoms with E-state index in [0.29, 0.717) is 6.04 Å². The molecule has 1 aromatic heterocycles. The van der Waals surface area contributed by atoms with Crippen molar-refractivity contribution in [2.24, 2.45) is 0 Å². The molecule has 0 amide bonds. The number of benzene rings is 1. The summed E-state index contributed by atoms with van der Waals surface area (Å²) >= 11 is 0. The fraction of sp³-hybridized carbons (Fsp3) is 0.500. The number of aromatic nitrogens is 2. The second kappa shape index (κ2) is 6.44. The second-order valence-corrected chi connectivity index (χ2v) is 5.98. The van der Waals surface area contributed by atoms with Gasteiger partial charge in [-0.15, -0.1) is 6.58 Å². The van der Waals surface area contributed by atoms with Crippen LogP contribution in [0.15, 0.2) is 36.9 Å². The molecule has 2 aromatic rings. The van der Waals surface area contributed by atoms with Gasteiger partial charge in [-0.05, 0) is 45.0 Å². The Bertz CT molecular complexity index is 606. The quantitative estimate of drug-likeness (QED) is 0.786. The van der Waals surface area contributed by atoms with E-state index < -0.39 is 0 Å². The van der Waals surface area contributed by atoms with Crippen molar-refractivity contribution >= 4 is 11.0 Å². The van der Waals surface area contributed by atoms with Gasteiger partial charge < -0.3 is 4.57 Å². The van der Waals surface area contributed by atoms with Gasteiger partial charge in [0.2, 0.25) is 0 Å². The van der Waals surface area contributed by atoms with Crippen molar-refractivity contribution in [2.75, 3.05) is 13.1 Å². The fourth-order valence-electron chi connectivity index (χ4n) is 3.38. The predicted molar refractivity (Wildman–Crippen MR) is 88.4 cm³/mol. The molecule has 1 aliphatic heterocycles. The molecule has 21 heavy (non-hydrogen) atoms. The molecule has 112 valence electrons. The third kappa shape index (κ3) is 2.88. The molecule has 0 radical (unpaired) electrons. The Kier molecular flexibility index (Phi) is 4.39. The summed E-state index contributed by atoms with van der Waals surface area (Å²) in [4.78, 5) is 7.50. The van der Waals surface area contributed by atoms with E-state index in [1.54, 1.807) is 0 Å². The summed E-state index contributed by atoms with van der Waals surface area (Å²) in [6.45, 7) is 9.42. The Morgan fingerprint density at radius 3 is 2.62 bits per heavy atom. The van der Waals surface area contributed by atoms with Crippen LogP contribution in [-0.4, -0.2) is 27.5 Å². The van der Waals surface area contributed by atoms with Gasteiger partial charge in [-0.1, -0.05) is 31.1 Å². The molecule has 0 saturated carbocycles. The fourth-order valence-corrected chi connectivity index (χ4v) is 3.38. The first-order valence-electron chi connectivity index (χ1n) is 8.11. The Hall–Kier alpha value is -1.61. The highest BCUT2D eigenvalue weighted by atomic mass is 15.2. The first kappa shape index (κ1) is 14.3. The van der Waals surface area contributed by atoms with Gasteiger partial charge in [-0.3, -0.25) is 4.90 Å². The molecule has 0 aliphatic carbocycles. The van der Waals surface area contributed by atoms with E-state index in [1.807, 2.05) is 6.08 Å². The molecule has 3 heteroatoms. The lowest BCUT2D eigenvalue weighted by molar-refractivity contribution is 0.208. The van der Waals surface area contributed by atoms with Crippen LogP contribution in [0.4, 0.5) is 0 Å². The van der Waals surface area contributed by atoms with Crippen LogP contribution in [0.5, 0.6) is 0 Å². The number of nitrogens with zero attached hydrogens (tertiary/aromatic N) is 3. The lowest BCUT2D eigenvalue weighted by atomic mass is 10.2. The summed E-state index contributed by atoms with van der Waals surface area (Å²) in [7, 11) is 0. The Morgan fingerprint density at radius 2 is 1.90 bits per heavy atom. The Labute approximate surface area is 127 Å². The number of allylic oxidation sites excluding steroid dienone is 1. The minimum Gasteiger partial charge on any atom is -0.323 e. The Balaban J connectivity index is 1.97. The maximum absolute atomic E-state index is 4.91. The van der Waals surface area contributed by atoms with Gasteiger partial charge in [0.05, 0.1) is 17.1 Å². The van der Waals surface area contributed by atoms with Gasteiger partial charge in [0.15, 0.2) is 0 Å². The highest BCUT2D eigenvalue weighted by molar-refractivity contribution is 5.76. The molecule has 1 fully saturated rings. The van der Waals surface area contributed by atoms with Crippen LogP contribution in [0.25, 0.3) is 11.0 Å². The van der Waals surface area contributed by atoms with Crippen LogP contribution in [-0.2, 0) is 6.54 Å². The molecular weight excluding hydrogens is 258 g/mol. The highest BCUT2D eigenvalue weighted by Crippen LogP contribution is 2.26. The largest absolute Gasteiger partial charge is 0.323 e. The summed E-state index contributed by atoms with van der Waals surface area (Å²) in [5, 5.41) is 0. The third-order valence-corrected chi connectivity index (χ3v) is 4.56. The van der Waals surface area contributed by atoms with E-state index in [9.17, 15) is 0 Å². The number of para-hydroxylation sites is 2. The topological polar surface area (TPSA) is 21.1 Å². The van der Waals surface area contributed by atoms with E-state index in [1.165, 1.54) is 50.1 Å². The number of likely N-dealkylation sites (tertiary alicyclic amines) is 1. The SMILES string of the molecule is C=CCn1c(C(C)N2CCCCCC2)nc2ccccc21. The monoisotopic (exact) mass is 283 g/mol. The summed E-state index contributed by atoms with van der Waals surface area (Å²) in [5.41, 5.74) is 2.31. The van der Waals surface area contributed by atoms with Crippen LogP contribution in [0.1, 0.15) is 44.5 Å². The lowest BCUT2D eigenvalue weighted by Crippen LogP contribution is -2.30. The second-order valence-electron chi connectivity index (χ2n) is 5.98. The van der Waals surface area contributed by atoms with Crippen molar-refractivity contribution in [3.8, 4) is 0 Å². The predicted octanol–water partition coefficient (Wildman–Crippen LogP) is 4.16. The standard InChI is InChI=1S/C18H25N3/c1-3-12-21-17-11-7-6-10-16(17)19-18(21)15(2)20-13-8-4-5-9-14-20/h3,6-7,10-11,15H,1,4-5,8-9,12-14H2,2H3. The average Bonchev–Trinajstić information content (AvgIpc) is 2.70. The molecule has 0 spiro atoms. The van der Waals surface area contributed by atoms with Gasteiger partial charge in [0.1, 0.15) is 5.82 Å². The van der Waals surface area contributed by atoms with E-state index in [4.69, 9.17) is 4.98 Å². The lowest BCUT2D eigenvalue weighted by Gasteiger charge is -2.27. The first-order chi connectivity index (χ1) is 10.3. The van der Waals surface area contributed by atoms with Crippen molar-refractivity contribution < 1.29 is 0 Å². The number of hydrogen-bond donors (Lipinski definition) is 0. The molecule has 2 heterocycles. The van der Waals surface area contributed by atoms with Crippen molar-refractivity contribution in [1.29, 1.82) is 0 Å². The molecule has 1 atom stereocenters. The minimum absolute atomic E-state index is 0.371. The van der Waals surface area contributed by atoms with Crippen molar-refractivity contribution in [3.05, 3.63) is 42.7 Å². The van der Waals surface area contributed by atoms with Crippen molar-refractivity contribution in [3.63, 3.8) is 0 Å².